The Balaban J connectivity index is 3.88. The van der Waals surface area contributed by atoms with Crippen LogP contribution in [0, 0.1) is 11.3 Å². The quantitative estimate of drug-likeness (QED) is 0.541. The third-order valence-electron chi connectivity index (χ3n) is 3.42. The van der Waals surface area contributed by atoms with Crippen molar-refractivity contribution in [3.8, 4) is 6.07 Å². The van der Waals surface area contributed by atoms with Crippen molar-refractivity contribution >= 4 is 0 Å². The van der Waals surface area contributed by atoms with E-state index in [1.165, 1.54) is 0 Å². The Morgan fingerprint density at radius 1 is 1.11 bits per heavy atom. The highest BCUT2D eigenvalue weighted by atomic mass is 16.5. The molecule has 0 aromatic heterocycles. The van der Waals surface area contributed by atoms with Crippen LogP contribution >= 0.6 is 0 Å². The van der Waals surface area contributed by atoms with Crippen LogP contribution in [0.5, 0.6) is 0 Å². The van der Waals surface area contributed by atoms with Gasteiger partial charge in [0.25, 0.3) is 0 Å². The number of unbranched alkanes of at least 4 members (excludes halogenated alkanes) is 1. The molecule has 0 aliphatic heterocycles. The topological polar surface area (TPSA) is 57.5 Å². The van der Waals surface area contributed by atoms with E-state index in [4.69, 9.17) is 14.7 Å². The third kappa shape index (κ3) is 8.95. The summed E-state index contributed by atoms with van der Waals surface area (Å²) in [5.74, 6) is 0. The monoisotopic (exact) mass is 271 g/mol. The minimum atomic E-state index is -0.399. The van der Waals surface area contributed by atoms with Gasteiger partial charge in [-0.05, 0) is 39.8 Å². The maximum atomic E-state index is 9.07. The summed E-state index contributed by atoms with van der Waals surface area (Å²) in [6, 6.07) is 2.32. The van der Waals surface area contributed by atoms with Crippen LogP contribution in [-0.2, 0) is 9.47 Å². The molecule has 0 rings (SSSR count). The average Bonchev–Trinajstić information content (AvgIpc) is 2.45. The SMILES string of the molecule is CNC(C)(C#N)CCCCN(CCOC)CCOC. The van der Waals surface area contributed by atoms with E-state index in [1.54, 1.807) is 14.2 Å². The lowest BCUT2D eigenvalue weighted by Crippen LogP contribution is -2.38. The van der Waals surface area contributed by atoms with Gasteiger partial charge in [0.15, 0.2) is 0 Å². The summed E-state index contributed by atoms with van der Waals surface area (Å²) in [5, 5.41) is 12.1. The highest BCUT2D eigenvalue weighted by molar-refractivity contribution is 5.02. The molecule has 0 radical (unpaired) electrons. The Hall–Kier alpha value is -0.670. The zero-order chi connectivity index (χ0) is 14.6. The molecular weight excluding hydrogens is 242 g/mol. The fraction of sp³-hybridized carbons (Fsp3) is 0.929. The summed E-state index contributed by atoms with van der Waals surface area (Å²) >= 11 is 0. The fourth-order valence-electron chi connectivity index (χ4n) is 1.83. The van der Waals surface area contributed by atoms with Crippen molar-refractivity contribution in [1.82, 2.24) is 10.2 Å². The van der Waals surface area contributed by atoms with Gasteiger partial charge in [-0.3, -0.25) is 4.90 Å². The van der Waals surface area contributed by atoms with E-state index in [0.29, 0.717) is 0 Å². The lowest BCUT2D eigenvalue weighted by Gasteiger charge is -2.23. The highest BCUT2D eigenvalue weighted by Gasteiger charge is 2.20. The van der Waals surface area contributed by atoms with Crippen LogP contribution in [0.1, 0.15) is 26.2 Å². The van der Waals surface area contributed by atoms with Crippen LogP contribution in [0.4, 0.5) is 0 Å². The maximum Gasteiger partial charge on any atom is 0.103 e. The summed E-state index contributed by atoms with van der Waals surface area (Å²) in [4.78, 5) is 2.34. The molecule has 5 heteroatoms. The van der Waals surface area contributed by atoms with Crippen molar-refractivity contribution in [3.63, 3.8) is 0 Å². The molecule has 1 atom stereocenters. The molecule has 0 aliphatic rings. The molecule has 0 fully saturated rings. The highest BCUT2D eigenvalue weighted by Crippen LogP contribution is 2.12. The van der Waals surface area contributed by atoms with E-state index in [0.717, 1.165) is 52.1 Å². The molecule has 1 N–H and O–H groups in total. The first kappa shape index (κ1) is 18.3. The van der Waals surface area contributed by atoms with Gasteiger partial charge in [-0.15, -0.1) is 0 Å². The summed E-state index contributed by atoms with van der Waals surface area (Å²) < 4.78 is 10.2. The molecule has 0 aliphatic carbocycles. The standard InChI is InChI=1S/C14H29N3O2/c1-14(13-15,16-2)7-5-6-8-17(9-11-18-3)10-12-19-4/h16H,5-12H2,1-4H3. The smallest absolute Gasteiger partial charge is 0.103 e. The van der Waals surface area contributed by atoms with Crippen molar-refractivity contribution in [2.45, 2.75) is 31.7 Å². The van der Waals surface area contributed by atoms with Gasteiger partial charge in [0.1, 0.15) is 5.54 Å². The number of hydrogen-bond donors (Lipinski definition) is 1. The molecule has 0 aromatic rings. The number of rotatable bonds is 12. The van der Waals surface area contributed by atoms with Gasteiger partial charge in [-0.1, -0.05) is 0 Å². The molecule has 0 heterocycles. The Morgan fingerprint density at radius 3 is 2.11 bits per heavy atom. The van der Waals surface area contributed by atoms with Gasteiger partial charge in [-0.25, -0.2) is 0 Å². The number of ether oxygens (including phenoxy) is 2. The Bertz CT molecular complexity index is 248. The normalized spacial score (nSPS) is 14.3. The first-order chi connectivity index (χ1) is 9.11. The van der Waals surface area contributed by atoms with Crippen LogP contribution in [-0.4, -0.2) is 64.6 Å². The van der Waals surface area contributed by atoms with Gasteiger partial charge in [0.05, 0.1) is 19.3 Å². The van der Waals surface area contributed by atoms with Crippen molar-refractivity contribution in [3.05, 3.63) is 0 Å². The Morgan fingerprint density at radius 2 is 1.68 bits per heavy atom. The van der Waals surface area contributed by atoms with E-state index in [9.17, 15) is 0 Å². The summed E-state index contributed by atoms with van der Waals surface area (Å²) in [6.07, 6.45) is 3.01. The number of nitriles is 1. The molecule has 112 valence electrons. The minimum absolute atomic E-state index is 0.399. The number of methoxy groups -OCH3 is 2. The first-order valence-corrected chi connectivity index (χ1v) is 6.92. The molecule has 0 aromatic carbocycles. The third-order valence-corrected chi connectivity index (χ3v) is 3.42. The number of hydrogen-bond acceptors (Lipinski definition) is 5. The second kappa shape index (κ2) is 11.2. The number of nitrogens with one attached hydrogen (secondary N) is 1. The predicted molar refractivity (Wildman–Crippen MR) is 77.1 cm³/mol. The van der Waals surface area contributed by atoms with Crippen LogP contribution < -0.4 is 5.32 Å². The van der Waals surface area contributed by atoms with Gasteiger partial charge in [-0.2, -0.15) is 5.26 Å². The summed E-state index contributed by atoms with van der Waals surface area (Å²) in [6.45, 7) is 6.33. The summed E-state index contributed by atoms with van der Waals surface area (Å²) in [7, 11) is 5.28. The Kier molecular flexibility index (Phi) is 10.8. The largest absolute Gasteiger partial charge is 0.383 e. The molecule has 0 saturated heterocycles. The van der Waals surface area contributed by atoms with Crippen molar-refractivity contribution < 1.29 is 9.47 Å². The van der Waals surface area contributed by atoms with E-state index in [-0.39, 0.29) is 0 Å². The van der Waals surface area contributed by atoms with E-state index >= 15 is 0 Å². The predicted octanol–water partition coefficient (Wildman–Crippen LogP) is 1.25. The zero-order valence-electron chi connectivity index (χ0n) is 12.9. The van der Waals surface area contributed by atoms with Gasteiger partial charge < -0.3 is 14.8 Å². The number of nitrogens with zero attached hydrogens (tertiary/aromatic N) is 2. The molecule has 19 heavy (non-hydrogen) atoms. The van der Waals surface area contributed by atoms with E-state index in [1.807, 2.05) is 14.0 Å². The van der Waals surface area contributed by atoms with Crippen molar-refractivity contribution in [2.75, 3.05) is 54.1 Å². The summed E-state index contributed by atoms with van der Waals surface area (Å²) in [5.41, 5.74) is -0.399. The maximum absolute atomic E-state index is 9.07. The molecule has 1 unspecified atom stereocenters. The Labute approximate surface area is 117 Å². The van der Waals surface area contributed by atoms with Gasteiger partial charge in [0.2, 0.25) is 0 Å². The van der Waals surface area contributed by atoms with Crippen LogP contribution in [0.25, 0.3) is 0 Å². The van der Waals surface area contributed by atoms with Crippen LogP contribution in [0.2, 0.25) is 0 Å². The molecule has 0 saturated carbocycles. The molecule has 5 nitrogen and oxygen atoms in total. The molecular formula is C14H29N3O2. The zero-order valence-corrected chi connectivity index (χ0v) is 12.9. The van der Waals surface area contributed by atoms with Gasteiger partial charge in [0, 0.05) is 27.3 Å². The van der Waals surface area contributed by atoms with E-state index < -0.39 is 5.54 Å². The average molecular weight is 271 g/mol. The van der Waals surface area contributed by atoms with Crippen molar-refractivity contribution in [1.29, 1.82) is 5.26 Å². The molecule has 0 amide bonds. The van der Waals surface area contributed by atoms with Crippen LogP contribution in [0.3, 0.4) is 0 Å². The first-order valence-electron chi connectivity index (χ1n) is 6.92. The van der Waals surface area contributed by atoms with Gasteiger partial charge >= 0.3 is 0 Å². The van der Waals surface area contributed by atoms with E-state index in [2.05, 4.69) is 16.3 Å². The molecule has 0 spiro atoms. The van der Waals surface area contributed by atoms with Crippen LogP contribution in [0.15, 0.2) is 0 Å². The second-order valence-corrected chi connectivity index (χ2v) is 4.98. The minimum Gasteiger partial charge on any atom is -0.383 e. The fourth-order valence-corrected chi connectivity index (χ4v) is 1.83. The molecule has 0 bridgehead atoms. The lowest BCUT2D eigenvalue weighted by molar-refractivity contribution is 0.112. The second-order valence-electron chi connectivity index (χ2n) is 4.98. The lowest BCUT2D eigenvalue weighted by atomic mass is 9.97. The van der Waals surface area contributed by atoms with Crippen molar-refractivity contribution in [2.24, 2.45) is 0 Å².